The van der Waals surface area contributed by atoms with Crippen LogP contribution >= 0.6 is 0 Å². The van der Waals surface area contributed by atoms with Crippen molar-refractivity contribution in [3.8, 4) is 0 Å². The normalized spacial score (nSPS) is 14.0. The van der Waals surface area contributed by atoms with Gasteiger partial charge in [0.15, 0.2) is 5.69 Å². The summed E-state index contributed by atoms with van der Waals surface area (Å²) in [6.07, 6.45) is 0. The summed E-state index contributed by atoms with van der Waals surface area (Å²) in [6.45, 7) is 9.00. The van der Waals surface area contributed by atoms with E-state index in [-0.39, 0.29) is 18.2 Å². The molecule has 1 rings (SSSR count). The van der Waals surface area contributed by atoms with Gasteiger partial charge in [-0.3, -0.25) is 4.79 Å². The van der Waals surface area contributed by atoms with Crippen LogP contribution in [0.1, 0.15) is 43.9 Å². The Bertz CT molecular complexity index is 467. The van der Waals surface area contributed by atoms with Gasteiger partial charge in [-0.2, -0.15) is 0 Å². The second-order valence-electron chi connectivity index (χ2n) is 4.85. The Morgan fingerprint density at radius 1 is 1.53 bits per heavy atom. The Hall–Kier alpha value is -1.85. The van der Waals surface area contributed by atoms with Crippen molar-refractivity contribution in [3.63, 3.8) is 0 Å². The van der Waals surface area contributed by atoms with Crippen molar-refractivity contribution in [2.45, 2.75) is 40.2 Å². The molecule has 106 valence electrons. The molecular formula is C13H20N2O4. The molecule has 0 bridgehead atoms. The molecule has 0 aromatic carbocycles. The van der Waals surface area contributed by atoms with Gasteiger partial charge in [0.1, 0.15) is 11.3 Å². The van der Waals surface area contributed by atoms with Gasteiger partial charge in [-0.05, 0) is 26.7 Å². The molecule has 0 radical (unpaired) electrons. The fourth-order valence-electron chi connectivity index (χ4n) is 1.49. The van der Waals surface area contributed by atoms with Crippen molar-refractivity contribution in [2.75, 3.05) is 6.61 Å². The lowest BCUT2D eigenvalue weighted by Crippen LogP contribution is -2.56. The highest BCUT2D eigenvalue weighted by Crippen LogP contribution is 2.19. The van der Waals surface area contributed by atoms with Gasteiger partial charge in [-0.25, -0.2) is 4.79 Å². The minimum Gasteiger partial charge on any atom is -0.464 e. The van der Waals surface area contributed by atoms with Gasteiger partial charge >= 0.3 is 5.97 Å². The third-order valence-corrected chi connectivity index (χ3v) is 3.09. The van der Waals surface area contributed by atoms with Gasteiger partial charge in [0, 0.05) is 6.07 Å². The zero-order valence-electron chi connectivity index (χ0n) is 11.9. The zero-order valence-corrected chi connectivity index (χ0v) is 11.9. The van der Waals surface area contributed by atoms with E-state index in [1.54, 1.807) is 20.8 Å². The molecule has 0 saturated carbocycles. The molecule has 1 heterocycles. The minimum atomic E-state index is -1.10. The number of carbonyl (C=O) groups excluding carboxylic acids is 2. The minimum absolute atomic E-state index is 0.122. The maximum Gasteiger partial charge on any atom is 0.331 e. The van der Waals surface area contributed by atoms with Crippen molar-refractivity contribution in [1.82, 2.24) is 10.5 Å². The maximum absolute atomic E-state index is 12.0. The van der Waals surface area contributed by atoms with Crippen molar-refractivity contribution in [3.05, 3.63) is 17.5 Å². The molecule has 0 aliphatic rings. The van der Waals surface area contributed by atoms with E-state index in [4.69, 9.17) is 9.26 Å². The van der Waals surface area contributed by atoms with E-state index in [9.17, 15) is 9.59 Å². The van der Waals surface area contributed by atoms with Crippen molar-refractivity contribution >= 4 is 11.9 Å². The summed E-state index contributed by atoms with van der Waals surface area (Å²) in [5.74, 6) is -0.504. The molecule has 0 aliphatic carbocycles. The van der Waals surface area contributed by atoms with E-state index in [0.29, 0.717) is 5.76 Å². The molecule has 0 saturated heterocycles. The molecule has 0 unspecified atom stereocenters. The third-order valence-electron chi connectivity index (χ3n) is 3.09. The van der Waals surface area contributed by atoms with E-state index in [1.807, 2.05) is 13.8 Å². The smallest absolute Gasteiger partial charge is 0.331 e. The lowest BCUT2D eigenvalue weighted by molar-refractivity contribution is -0.152. The fourth-order valence-corrected chi connectivity index (χ4v) is 1.49. The van der Waals surface area contributed by atoms with E-state index in [0.717, 1.165) is 0 Å². The summed E-state index contributed by atoms with van der Waals surface area (Å²) in [7, 11) is 0. The number of rotatable bonds is 5. The summed E-state index contributed by atoms with van der Waals surface area (Å²) in [5, 5.41) is 6.30. The van der Waals surface area contributed by atoms with Gasteiger partial charge in [0.25, 0.3) is 5.91 Å². The standard InChI is InChI=1S/C13H20N2O4/c1-6-18-12(17)13(5,8(2)3)14-11(16)10-7-9(4)19-15-10/h7-8H,6H2,1-5H3,(H,14,16)/t13-/m0/s1. The summed E-state index contributed by atoms with van der Waals surface area (Å²) in [5.41, 5.74) is -0.950. The van der Waals surface area contributed by atoms with Crippen molar-refractivity contribution in [1.29, 1.82) is 0 Å². The Kier molecular flexibility index (Phi) is 4.69. The van der Waals surface area contributed by atoms with Gasteiger partial charge in [0.05, 0.1) is 6.61 Å². The molecule has 6 heteroatoms. The summed E-state index contributed by atoms with van der Waals surface area (Å²) >= 11 is 0. The SMILES string of the molecule is CCOC(=O)[C@@](C)(NC(=O)c1cc(C)on1)C(C)C. The van der Waals surface area contributed by atoms with Gasteiger partial charge < -0.3 is 14.6 Å². The highest BCUT2D eigenvalue weighted by Gasteiger charge is 2.40. The van der Waals surface area contributed by atoms with Gasteiger partial charge in [-0.15, -0.1) is 0 Å². The molecular weight excluding hydrogens is 248 g/mol. The number of aryl methyl sites for hydroxylation is 1. The number of amides is 1. The number of carbonyl (C=O) groups is 2. The monoisotopic (exact) mass is 268 g/mol. The lowest BCUT2D eigenvalue weighted by Gasteiger charge is -2.31. The predicted octanol–water partition coefficient (Wildman–Crippen LogP) is 1.69. The van der Waals surface area contributed by atoms with Crippen LogP contribution in [0.4, 0.5) is 0 Å². The van der Waals surface area contributed by atoms with Crippen LogP contribution < -0.4 is 5.32 Å². The zero-order chi connectivity index (χ0) is 14.6. The van der Waals surface area contributed by atoms with Crippen LogP contribution in [0, 0.1) is 12.8 Å². The maximum atomic E-state index is 12.0. The first-order valence-electron chi connectivity index (χ1n) is 6.24. The number of hydrogen-bond acceptors (Lipinski definition) is 5. The van der Waals surface area contributed by atoms with Gasteiger partial charge in [-0.1, -0.05) is 19.0 Å². The highest BCUT2D eigenvalue weighted by molar-refractivity contribution is 5.96. The molecule has 19 heavy (non-hydrogen) atoms. The van der Waals surface area contributed by atoms with Crippen LogP contribution in [-0.4, -0.2) is 29.2 Å². The van der Waals surface area contributed by atoms with Gasteiger partial charge in [0.2, 0.25) is 0 Å². The Morgan fingerprint density at radius 3 is 2.58 bits per heavy atom. The van der Waals surface area contributed by atoms with Crippen LogP contribution in [-0.2, 0) is 9.53 Å². The Morgan fingerprint density at radius 2 is 2.16 bits per heavy atom. The van der Waals surface area contributed by atoms with E-state index >= 15 is 0 Å². The number of nitrogens with zero attached hydrogens (tertiary/aromatic N) is 1. The van der Waals surface area contributed by atoms with Crippen LogP contribution in [0.5, 0.6) is 0 Å². The quantitative estimate of drug-likeness (QED) is 0.822. The highest BCUT2D eigenvalue weighted by atomic mass is 16.5. The number of aromatic nitrogens is 1. The first-order valence-corrected chi connectivity index (χ1v) is 6.24. The number of nitrogens with one attached hydrogen (secondary N) is 1. The summed E-state index contributed by atoms with van der Waals surface area (Å²) in [6, 6.07) is 1.52. The van der Waals surface area contributed by atoms with Crippen molar-refractivity contribution in [2.24, 2.45) is 5.92 Å². The second-order valence-corrected chi connectivity index (χ2v) is 4.85. The average molecular weight is 268 g/mol. The lowest BCUT2D eigenvalue weighted by atomic mass is 9.88. The molecule has 0 aliphatic heterocycles. The summed E-state index contributed by atoms with van der Waals surface area (Å²) in [4.78, 5) is 24.0. The van der Waals surface area contributed by atoms with Crippen LogP contribution in [0.15, 0.2) is 10.6 Å². The topological polar surface area (TPSA) is 81.4 Å². The molecule has 0 spiro atoms. The molecule has 0 fully saturated rings. The van der Waals surface area contributed by atoms with E-state index < -0.39 is 17.4 Å². The number of hydrogen-bond donors (Lipinski definition) is 1. The largest absolute Gasteiger partial charge is 0.464 e. The fraction of sp³-hybridized carbons (Fsp3) is 0.615. The first kappa shape index (κ1) is 15.2. The Labute approximate surface area is 112 Å². The average Bonchev–Trinajstić information content (AvgIpc) is 2.75. The first-order chi connectivity index (χ1) is 8.81. The number of ether oxygens (including phenoxy) is 1. The summed E-state index contributed by atoms with van der Waals surface area (Å²) < 4.78 is 9.85. The van der Waals surface area contributed by atoms with E-state index in [1.165, 1.54) is 6.07 Å². The third kappa shape index (κ3) is 3.33. The van der Waals surface area contributed by atoms with Crippen LogP contribution in [0.2, 0.25) is 0 Å². The van der Waals surface area contributed by atoms with Crippen LogP contribution in [0.3, 0.4) is 0 Å². The molecule has 1 N–H and O–H groups in total. The second kappa shape index (κ2) is 5.86. The van der Waals surface area contributed by atoms with E-state index in [2.05, 4.69) is 10.5 Å². The Balaban J connectivity index is 2.90. The molecule has 1 amide bonds. The molecule has 1 aromatic heterocycles. The van der Waals surface area contributed by atoms with Crippen molar-refractivity contribution < 1.29 is 18.8 Å². The van der Waals surface area contributed by atoms with Crippen LogP contribution in [0.25, 0.3) is 0 Å². The number of esters is 1. The molecule has 1 atom stereocenters. The molecule has 6 nitrogen and oxygen atoms in total. The molecule has 1 aromatic rings. The predicted molar refractivity (Wildman–Crippen MR) is 68.6 cm³/mol.